The molecule has 8 heteroatoms. The number of nitrogens with two attached hydrogens (primary N) is 1. The number of rotatable bonds is 5. The van der Waals surface area contributed by atoms with Crippen LogP contribution in [-0.2, 0) is 4.79 Å². The number of aromatic nitrogens is 4. The molecule has 4 aromatic rings. The van der Waals surface area contributed by atoms with Gasteiger partial charge in [-0.3, -0.25) is 4.79 Å². The Morgan fingerprint density at radius 1 is 1.06 bits per heavy atom. The number of para-hydroxylation sites is 1. The zero-order valence-electron chi connectivity index (χ0n) is 18.7. The first-order valence-corrected chi connectivity index (χ1v) is 12.0. The van der Waals surface area contributed by atoms with E-state index in [1.807, 2.05) is 42.2 Å². The van der Waals surface area contributed by atoms with Gasteiger partial charge in [-0.25, -0.2) is 9.66 Å². The molecular weight excluding hydrogens is 432 g/mol. The summed E-state index contributed by atoms with van der Waals surface area (Å²) in [6.45, 7) is 5.62. The van der Waals surface area contributed by atoms with Crippen LogP contribution in [0, 0.1) is 6.92 Å². The van der Waals surface area contributed by atoms with Gasteiger partial charge >= 0.3 is 0 Å². The number of nitrogen functional groups attached to an aromatic ring is 1. The standard InChI is InChI=1S/C25H26N6OS/c1-16-9-11-18(12-10-16)22-15-20(19-7-3-4-8-21(19)27-22)23-28-29-25(31(23)26)33-17(2)24(32)30-13-5-6-14-30/h3-4,7-12,15,17H,5-6,13-14,26H2,1-2H3/t17-/m0/s1. The van der Waals surface area contributed by atoms with Gasteiger partial charge in [-0.2, -0.15) is 0 Å². The third kappa shape index (κ3) is 4.18. The van der Waals surface area contributed by atoms with Crippen molar-refractivity contribution in [2.45, 2.75) is 37.1 Å². The van der Waals surface area contributed by atoms with Gasteiger partial charge in [-0.05, 0) is 38.8 Å². The van der Waals surface area contributed by atoms with E-state index in [1.54, 1.807) is 0 Å². The fourth-order valence-electron chi connectivity index (χ4n) is 4.18. The normalized spacial score (nSPS) is 14.7. The van der Waals surface area contributed by atoms with Crippen molar-refractivity contribution in [1.29, 1.82) is 0 Å². The molecular formula is C25H26N6OS. The fourth-order valence-corrected chi connectivity index (χ4v) is 5.03. The lowest BCUT2D eigenvalue weighted by molar-refractivity contribution is -0.129. The molecule has 1 aliphatic heterocycles. The molecule has 2 N–H and O–H groups in total. The van der Waals surface area contributed by atoms with Crippen molar-refractivity contribution in [3.63, 3.8) is 0 Å². The number of benzene rings is 2. The van der Waals surface area contributed by atoms with Crippen LogP contribution in [0.1, 0.15) is 25.3 Å². The van der Waals surface area contributed by atoms with E-state index in [1.165, 1.54) is 22.0 Å². The predicted octanol–water partition coefficient (Wildman–Crippen LogP) is 4.29. The SMILES string of the molecule is Cc1ccc(-c2cc(-c3nnc(S[C@@H](C)C(=O)N4CCCC4)n3N)c3ccccc3n2)cc1. The molecule has 1 amide bonds. The van der Waals surface area contributed by atoms with Crippen LogP contribution in [0.2, 0.25) is 0 Å². The second kappa shape index (κ2) is 8.86. The minimum absolute atomic E-state index is 0.123. The highest BCUT2D eigenvalue weighted by Gasteiger charge is 2.26. The third-order valence-electron chi connectivity index (χ3n) is 6.02. The summed E-state index contributed by atoms with van der Waals surface area (Å²) in [5.41, 5.74) is 4.78. The van der Waals surface area contributed by atoms with Crippen molar-refractivity contribution < 1.29 is 4.79 Å². The van der Waals surface area contributed by atoms with Crippen LogP contribution in [0.3, 0.4) is 0 Å². The van der Waals surface area contributed by atoms with E-state index in [4.69, 9.17) is 10.8 Å². The molecule has 1 fully saturated rings. The monoisotopic (exact) mass is 458 g/mol. The average Bonchev–Trinajstić information content (AvgIpc) is 3.49. The van der Waals surface area contributed by atoms with Crippen molar-refractivity contribution in [3.8, 4) is 22.6 Å². The molecule has 1 aliphatic rings. The lowest BCUT2D eigenvalue weighted by Gasteiger charge is -2.19. The number of fused-ring (bicyclic) bond motifs is 1. The number of hydrogen-bond acceptors (Lipinski definition) is 6. The molecule has 33 heavy (non-hydrogen) atoms. The molecule has 7 nitrogen and oxygen atoms in total. The van der Waals surface area contributed by atoms with Crippen LogP contribution in [0.25, 0.3) is 33.5 Å². The first kappa shape index (κ1) is 21.5. The lowest BCUT2D eigenvalue weighted by Crippen LogP contribution is -2.34. The quantitative estimate of drug-likeness (QED) is 0.355. The molecule has 0 bridgehead atoms. The van der Waals surface area contributed by atoms with Crippen molar-refractivity contribution >= 4 is 28.6 Å². The number of pyridine rings is 1. The van der Waals surface area contributed by atoms with Crippen LogP contribution in [0.15, 0.2) is 59.8 Å². The Bertz CT molecular complexity index is 1310. The van der Waals surface area contributed by atoms with E-state index in [9.17, 15) is 4.79 Å². The Morgan fingerprint density at radius 3 is 2.55 bits per heavy atom. The average molecular weight is 459 g/mol. The third-order valence-corrected chi connectivity index (χ3v) is 7.06. The van der Waals surface area contributed by atoms with E-state index in [-0.39, 0.29) is 11.2 Å². The number of likely N-dealkylation sites (tertiary alicyclic amines) is 1. The molecule has 3 heterocycles. The number of nitrogens with zero attached hydrogens (tertiary/aromatic N) is 5. The van der Waals surface area contributed by atoms with Gasteiger partial charge in [-0.15, -0.1) is 10.2 Å². The number of amides is 1. The van der Waals surface area contributed by atoms with E-state index in [0.29, 0.717) is 11.0 Å². The molecule has 1 atom stereocenters. The Labute approximate surface area is 197 Å². The zero-order chi connectivity index (χ0) is 22.9. The molecule has 0 unspecified atom stereocenters. The molecule has 2 aromatic carbocycles. The molecule has 0 saturated carbocycles. The molecule has 0 spiro atoms. The van der Waals surface area contributed by atoms with E-state index in [2.05, 4.69) is 41.4 Å². The second-order valence-electron chi connectivity index (χ2n) is 8.41. The largest absolute Gasteiger partial charge is 0.342 e. The Kier molecular flexibility index (Phi) is 5.76. The Morgan fingerprint density at radius 2 is 1.79 bits per heavy atom. The summed E-state index contributed by atoms with van der Waals surface area (Å²) in [5, 5.41) is 9.92. The van der Waals surface area contributed by atoms with Gasteiger partial charge in [-0.1, -0.05) is 59.8 Å². The first-order valence-electron chi connectivity index (χ1n) is 11.1. The minimum Gasteiger partial charge on any atom is -0.342 e. The van der Waals surface area contributed by atoms with Gasteiger partial charge in [0.1, 0.15) is 0 Å². The maximum absolute atomic E-state index is 12.7. The van der Waals surface area contributed by atoms with Gasteiger partial charge in [0.25, 0.3) is 0 Å². The highest BCUT2D eigenvalue weighted by Crippen LogP contribution is 2.33. The van der Waals surface area contributed by atoms with Crippen molar-refractivity contribution in [2.24, 2.45) is 0 Å². The number of aryl methyl sites for hydroxylation is 1. The summed E-state index contributed by atoms with van der Waals surface area (Å²) in [6, 6.07) is 18.2. The second-order valence-corrected chi connectivity index (χ2v) is 9.71. The highest BCUT2D eigenvalue weighted by atomic mass is 32.2. The zero-order valence-corrected chi connectivity index (χ0v) is 19.5. The summed E-state index contributed by atoms with van der Waals surface area (Å²) in [4.78, 5) is 19.5. The van der Waals surface area contributed by atoms with Gasteiger partial charge in [0.05, 0.1) is 16.5 Å². The number of hydrogen-bond donors (Lipinski definition) is 1. The number of thioether (sulfide) groups is 1. The van der Waals surface area contributed by atoms with Crippen LogP contribution in [-0.4, -0.2) is 49.0 Å². The molecule has 0 radical (unpaired) electrons. The fraction of sp³-hybridized carbons (Fsp3) is 0.280. The van der Waals surface area contributed by atoms with Crippen molar-refractivity contribution in [2.75, 3.05) is 18.9 Å². The first-order chi connectivity index (χ1) is 16.0. The molecule has 1 saturated heterocycles. The van der Waals surface area contributed by atoms with Crippen LogP contribution in [0.5, 0.6) is 0 Å². The van der Waals surface area contributed by atoms with Crippen molar-refractivity contribution in [1.82, 2.24) is 24.8 Å². The maximum Gasteiger partial charge on any atom is 0.235 e. The molecule has 168 valence electrons. The lowest BCUT2D eigenvalue weighted by atomic mass is 10.0. The van der Waals surface area contributed by atoms with Gasteiger partial charge in [0.15, 0.2) is 5.82 Å². The molecule has 0 aliphatic carbocycles. The van der Waals surface area contributed by atoms with Gasteiger partial charge in [0.2, 0.25) is 11.1 Å². The van der Waals surface area contributed by atoms with Crippen molar-refractivity contribution in [3.05, 3.63) is 60.2 Å². The van der Waals surface area contributed by atoms with Gasteiger partial charge in [0, 0.05) is 29.6 Å². The molecule has 5 rings (SSSR count). The smallest absolute Gasteiger partial charge is 0.235 e. The van der Waals surface area contributed by atoms with E-state index in [0.717, 1.165) is 53.7 Å². The van der Waals surface area contributed by atoms with E-state index >= 15 is 0 Å². The summed E-state index contributed by atoms with van der Waals surface area (Å²) in [6.07, 6.45) is 2.14. The predicted molar refractivity (Wildman–Crippen MR) is 132 cm³/mol. The molecule has 2 aromatic heterocycles. The Balaban J connectivity index is 1.52. The van der Waals surface area contributed by atoms with Gasteiger partial charge < -0.3 is 10.7 Å². The minimum atomic E-state index is -0.278. The van der Waals surface area contributed by atoms with Crippen LogP contribution in [0.4, 0.5) is 0 Å². The maximum atomic E-state index is 12.7. The summed E-state index contributed by atoms with van der Waals surface area (Å²) < 4.78 is 1.49. The number of carbonyl (C=O) groups excluding carboxylic acids is 1. The Hall–Kier alpha value is -3.39. The van der Waals surface area contributed by atoms with E-state index < -0.39 is 0 Å². The topological polar surface area (TPSA) is 89.9 Å². The highest BCUT2D eigenvalue weighted by molar-refractivity contribution is 8.00. The van der Waals surface area contributed by atoms with Crippen LogP contribution >= 0.6 is 11.8 Å². The number of carbonyl (C=O) groups is 1. The summed E-state index contributed by atoms with van der Waals surface area (Å²) in [7, 11) is 0. The van der Waals surface area contributed by atoms with Crippen LogP contribution < -0.4 is 5.84 Å². The summed E-state index contributed by atoms with van der Waals surface area (Å²) >= 11 is 1.35. The summed E-state index contributed by atoms with van der Waals surface area (Å²) in [5.74, 6) is 7.13.